The molecule has 0 aliphatic carbocycles. The van der Waals surface area contributed by atoms with Gasteiger partial charge in [0, 0.05) is 31.9 Å². The normalized spacial score (nSPS) is 13.3. The summed E-state index contributed by atoms with van der Waals surface area (Å²) in [5, 5.41) is 6.68. The Kier molecular flexibility index (Phi) is 9.59. The maximum Gasteiger partial charge on any atom is 0.191 e. The smallest absolute Gasteiger partial charge is 0.191 e. The minimum Gasteiger partial charge on any atom is -0.497 e. The van der Waals surface area contributed by atoms with E-state index in [1.165, 1.54) is 12.1 Å². The van der Waals surface area contributed by atoms with Gasteiger partial charge in [0.25, 0.3) is 0 Å². The molecule has 1 aliphatic rings. The van der Waals surface area contributed by atoms with E-state index in [0.717, 1.165) is 41.2 Å². The number of ether oxygens (including phenoxy) is 4. The average Bonchev–Trinajstić information content (AvgIpc) is 2.82. The van der Waals surface area contributed by atoms with Gasteiger partial charge in [0.1, 0.15) is 17.3 Å². The number of fused-ring (bicyclic) bond motifs is 1. The third kappa shape index (κ3) is 7.39. The van der Waals surface area contributed by atoms with Gasteiger partial charge in [0.05, 0.1) is 20.3 Å². The number of halogens is 1. The van der Waals surface area contributed by atoms with Crippen LogP contribution in [0.1, 0.15) is 30.0 Å². The van der Waals surface area contributed by atoms with E-state index in [2.05, 4.69) is 10.6 Å². The molecule has 1 heterocycles. The first kappa shape index (κ1) is 23.8. The number of nitrogens with zero attached hydrogens (tertiary/aromatic N) is 1. The van der Waals surface area contributed by atoms with Gasteiger partial charge in [0.15, 0.2) is 12.8 Å². The number of hydrogen-bond donors (Lipinski definition) is 2. The molecule has 0 unspecified atom stereocenters. The molecule has 1 aliphatic heterocycles. The summed E-state index contributed by atoms with van der Waals surface area (Å²) in [6.07, 6.45) is 1.48. The number of guanidine groups is 1. The van der Waals surface area contributed by atoms with Crippen LogP contribution in [-0.4, -0.2) is 46.2 Å². The average molecular weight is 446 g/mol. The van der Waals surface area contributed by atoms with Crippen LogP contribution < -0.4 is 20.1 Å². The molecule has 0 atom stereocenters. The van der Waals surface area contributed by atoms with E-state index < -0.39 is 0 Å². The number of hydrogen-bond acceptors (Lipinski definition) is 5. The molecule has 32 heavy (non-hydrogen) atoms. The zero-order chi connectivity index (χ0) is 22.6. The Morgan fingerprint density at radius 1 is 1.16 bits per heavy atom. The van der Waals surface area contributed by atoms with Gasteiger partial charge >= 0.3 is 0 Å². The molecule has 0 bridgehead atoms. The quantitative estimate of drug-likeness (QED) is 0.314. The molecule has 2 aromatic carbocycles. The second kappa shape index (κ2) is 12.9. The van der Waals surface area contributed by atoms with Crippen LogP contribution >= 0.6 is 0 Å². The largest absolute Gasteiger partial charge is 0.497 e. The van der Waals surface area contributed by atoms with Crippen LogP contribution in [0.3, 0.4) is 0 Å². The first-order valence-corrected chi connectivity index (χ1v) is 10.9. The molecule has 174 valence electrons. The SMILES string of the molecule is CCOCCCNC(=NCc1ccc(OC)cc1)NCCc1cc(F)cc2c1OCOC2. The van der Waals surface area contributed by atoms with Crippen molar-refractivity contribution in [1.82, 2.24) is 10.6 Å². The van der Waals surface area contributed by atoms with Gasteiger partial charge in [-0.2, -0.15) is 0 Å². The third-order valence-corrected chi connectivity index (χ3v) is 4.98. The van der Waals surface area contributed by atoms with Gasteiger partial charge in [0.2, 0.25) is 0 Å². The van der Waals surface area contributed by atoms with Crippen LogP contribution in [0.15, 0.2) is 41.4 Å². The fourth-order valence-electron chi connectivity index (χ4n) is 3.36. The van der Waals surface area contributed by atoms with Gasteiger partial charge in [-0.3, -0.25) is 0 Å². The summed E-state index contributed by atoms with van der Waals surface area (Å²) in [5.41, 5.74) is 2.64. The molecule has 0 fully saturated rings. The summed E-state index contributed by atoms with van der Waals surface area (Å²) in [6.45, 7) is 5.80. The maximum atomic E-state index is 14.0. The van der Waals surface area contributed by atoms with Gasteiger partial charge in [-0.1, -0.05) is 12.1 Å². The third-order valence-electron chi connectivity index (χ3n) is 4.98. The van der Waals surface area contributed by atoms with Gasteiger partial charge in [-0.05, 0) is 55.2 Å². The van der Waals surface area contributed by atoms with Crippen molar-refractivity contribution in [3.8, 4) is 11.5 Å². The molecule has 0 aromatic heterocycles. The second-order valence-corrected chi connectivity index (χ2v) is 7.33. The summed E-state index contributed by atoms with van der Waals surface area (Å²) in [5.74, 6) is 1.96. The Hall–Kier alpha value is -2.84. The molecular weight excluding hydrogens is 413 g/mol. The lowest BCUT2D eigenvalue weighted by atomic mass is 10.1. The van der Waals surface area contributed by atoms with Crippen molar-refractivity contribution in [2.45, 2.75) is 32.9 Å². The van der Waals surface area contributed by atoms with E-state index in [-0.39, 0.29) is 12.6 Å². The lowest BCUT2D eigenvalue weighted by Gasteiger charge is -2.21. The van der Waals surface area contributed by atoms with Crippen LogP contribution in [0.2, 0.25) is 0 Å². The van der Waals surface area contributed by atoms with Crippen LogP contribution in [0, 0.1) is 5.82 Å². The minimum atomic E-state index is -0.282. The Morgan fingerprint density at radius 3 is 2.75 bits per heavy atom. The number of methoxy groups -OCH3 is 1. The van der Waals surface area contributed by atoms with Gasteiger partial charge in [-0.15, -0.1) is 0 Å². The van der Waals surface area contributed by atoms with E-state index in [1.807, 2.05) is 31.2 Å². The van der Waals surface area contributed by atoms with Crippen molar-refractivity contribution in [2.75, 3.05) is 40.2 Å². The highest BCUT2D eigenvalue weighted by molar-refractivity contribution is 5.79. The summed E-state index contributed by atoms with van der Waals surface area (Å²) >= 11 is 0. The van der Waals surface area contributed by atoms with Crippen molar-refractivity contribution in [1.29, 1.82) is 0 Å². The first-order chi connectivity index (χ1) is 15.7. The molecule has 3 rings (SSSR count). The van der Waals surface area contributed by atoms with E-state index in [1.54, 1.807) is 7.11 Å². The molecular formula is C24H32FN3O4. The van der Waals surface area contributed by atoms with Crippen molar-refractivity contribution >= 4 is 5.96 Å². The number of rotatable bonds is 11. The van der Waals surface area contributed by atoms with E-state index >= 15 is 0 Å². The second-order valence-electron chi connectivity index (χ2n) is 7.33. The van der Waals surface area contributed by atoms with E-state index in [9.17, 15) is 4.39 Å². The van der Waals surface area contributed by atoms with Crippen LogP contribution in [-0.2, 0) is 29.0 Å². The summed E-state index contributed by atoms with van der Waals surface area (Å²) < 4.78 is 35.5. The molecule has 0 amide bonds. The van der Waals surface area contributed by atoms with Crippen LogP contribution in [0.4, 0.5) is 4.39 Å². The standard InChI is InChI=1S/C24H32FN3O4/c1-3-30-12-4-10-26-24(28-15-18-5-7-22(29-2)8-6-18)27-11-9-19-13-21(25)14-20-16-31-17-32-23(19)20/h5-8,13-14H,3-4,9-12,15-17H2,1-2H3,(H2,26,27,28). The van der Waals surface area contributed by atoms with E-state index in [4.69, 9.17) is 23.9 Å². The Balaban J connectivity index is 1.59. The molecule has 7 nitrogen and oxygen atoms in total. The summed E-state index contributed by atoms with van der Waals surface area (Å²) in [6, 6.07) is 10.8. The molecule has 0 spiro atoms. The maximum absolute atomic E-state index is 14.0. The fourth-order valence-corrected chi connectivity index (χ4v) is 3.36. The molecule has 8 heteroatoms. The van der Waals surface area contributed by atoms with E-state index in [0.29, 0.717) is 45.3 Å². The van der Waals surface area contributed by atoms with Crippen molar-refractivity contribution in [3.05, 3.63) is 58.9 Å². The molecule has 0 radical (unpaired) electrons. The molecule has 2 aromatic rings. The number of nitrogens with one attached hydrogen (secondary N) is 2. The Labute approximate surface area is 188 Å². The fraction of sp³-hybridized carbons (Fsp3) is 0.458. The number of aliphatic imine (C=N–C) groups is 1. The highest BCUT2D eigenvalue weighted by Crippen LogP contribution is 2.29. The summed E-state index contributed by atoms with van der Waals surface area (Å²) in [7, 11) is 1.65. The predicted octanol–water partition coefficient (Wildman–Crippen LogP) is 3.41. The Bertz CT molecular complexity index is 874. The van der Waals surface area contributed by atoms with Crippen LogP contribution in [0.25, 0.3) is 0 Å². The topological polar surface area (TPSA) is 73.3 Å². The minimum absolute atomic E-state index is 0.190. The van der Waals surface area contributed by atoms with Gasteiger partial charge in [-0.25, -0.2) is 9.38 Å². The highest BCUT2D eigenvalue weighted by atomic mass is 19.1. The van der Waals surface area contributed by atoms with Gasteiger partial charge < -0.3 is 29.6 Å². The summed E-state index contributed by atoms with van der Waals surface area (Å²) in [4.78, 5) is 4.69. The molecule has 2 N–H and O–H groups in total. The predicted molar refractivity (Wildman–Crippen MR) is 122 cm³/mol. The lowest BCUT2D eigenvalue weighted by molar-refractivity contribution is -0.0172. The zero-order valence-corrected chi connectivity index (χ0v) is 18.8. The zero-order valence-electron chi connectivity index (χ0n) is 18.8. The van der Waals surface area contributed by atoms with Crippen molar-refractivity contribution in [3.63, 3.8) is 0 Å². The van der Waals surface area contributed by atoms with Crippen LogP contribution in [0.5, 0.6) is 11.5 Å². The molecule has 0 saturated carbocycles. The monoisotopic (exact) mass is 445 g/mol. The Morgan fingerprint density at radius 2 is 1.97 bits per heavy atom. The first-order valence-electron chi connectivity index (χ1n) is 10.9. The van der Waals surface area contributed by atoms with Crippen molar-refractivity contribution < 1.29 is 23.3 Å². The number of benzene rings is 2. The lowest BCUT2D eigenvalue weighted by Crippen LogP contribution is -2.39. The van der Waals surface area contributed by atoms with Crippen molar-refractivity contribution in [2.24, 2.45) is 4.99 Å². The highest BCUT2D eigenvalue weighted by Gasteiger charge is 2.16. The molecule has 0 saturated heterocycles.